The van der Waals surface area contributed by atoms with Crippen LogP contribution in [0.3, 0.4) is 0 Å². The maximum absolute atomic E-state index is 11.2. The first-order valence-electron chi connectivity index (χ1n) is 3.91. The molecule has 5 nitrogen and oxygen atoms in total. The standard InChI is InChI=1S/C7H10N2O3/c10-3-8-6-4-1-12-2-5(4)9-7(6)11/h3-6H,1-2H2,(H,8,10)(H,9,11). The molecule has 5 heteroatoms. The van der Waals surface area contributed by atoms with E-state index in [1.165, 1.54) is 0 Å². The van der Waals surface area contributed by atoms with E-state index >= 15 is 0 Å². The van der Waals surface area contributed by atoms with Crippen molar-refractivity contribution in [1.29, 1.82) is 0 Å². The Labute approximate surface area is 69.5 Å². The number of hydrogen-bond acceptors (Lipinski definition) is 3. The van der Waals surface area contributed by atoms with Gasteiger partial charge < -0.3 is 15.4 Å². The largest absolute Gasteiger partial charge is 0.379 e. The zero-order chi connectivity index (χ0) is 8.55. The fraction of sp³-hybridized carbons (Fsp3) is 0.714. The van der Waals surface area contributed by atoms with Gasteiger partial charge in [0.15, 0.2) is 0 Å². The van der Waals surface area contributed by atoms with Crippen LogP contribution in [-0.4, -0.2) is 37.6 Å². The molecule has 12 heavy (non-hydrogen) atoms. The third-order valence-electron chi connectivity index (χ3n) is 2.41. The highest BCUT2D eigenvalue weighted by Gasteiger charge is 2.45. The fourth-order valence-corrected chi connectivity index (χ4v) is 1.79. The molecule has 0 radical (unpaired) electrons. The Bertz CT molecular complexity index is 219. The third kappa shape index (κ3) is 0.972. The van der Waals surface area contributed by atoms with Crippen molar-refractivity contribution in [3.8, 4) is 0 Å². The van der Waals surface area contributed by atoms with Gasteiger partial charge in [-0.3, -0.25) is 9.59 Å². The molecule has 0 spiro atoms. The number of carbonyl (C=O) groups is 2. The molecular formula is C7H10N2O3. The van der Waals surface area contributed by atoms with Crippen molar-refractivity contribution in [2.45, 2.75) is 12.1 Å². The van der Waals surface area contributed by atoms with Gasteiger partial charge >= 0.3 is 0 Å². The van der Waals surface area contributed by atoms with Crippen LogP contribution in [0.4, 0.5) is 0 Å². The minimum Gasteiger partial charge on any atom is -0.379 e. The lowest BCUT2D eigenvalue weighted by Gasteiger charge is -2.11. The summed E-state index contributed by atoms with van der Waals surface area (Å²) in [5.74, 6) is 0.0168. The molecule has 2 aliphatic rings. The first kappa shape index (κ1) is 7.54. The van der Waals surface area contributed by atoms with Gasteiger partial charge in [-0.2, -0.15) is 0 Å². The predicted molar refractivity (Wildman–Crippen MR) is 39.2 cm³/mol. The van der Waals surface area contributed by atoms with Gasteiger partial charge in [0, 0.05) is 5.92 Å². The lowest BCUT2D eigenvalue weighted by molar-refractivity contribution is -0.124. The van der Waals surface area contributed by atoms with Gasteiger partial charge in [0.05, 0.1) is 19.3 Å². The molecule has 0 aromatic rings. The number of carbonyl (C=O) groups excluding carboxylic acids is 2. The normalized spacial score (nSPS) is 39.0. The smallest absolute Gasteiger partial charge is 0.243 e. The van der Waals surface area contributed by atoms with Crippen LogP contribution in [-0.2, 0) is 14.3 Å². The summed E-state index contributed by atoms with van der Waals surface area (Å²) in [6, 6.07) is -0.301. The zero-order valence-electron chi connectivity index (χ0n) is 6.45. The monoisotopic (exact) mass is 170 g/mol. The number of nitrogens with one attached hydrogen (secondary N) is 2. The van der Waals surface area contributed by atoms with E-state index in [0.29, 0.717) is 19.6 Å². The van der Waals surface area contributed by atoms with E-state index in [2.05, 4.69) is 10.6 Å². The molecule has 0 aliphatic carbocycles. The summed E-state index contributed by atoms with van der Waals surface area (Å²) in [6.45, 7) is 1.11. The van der Waals surface area contributed by atoms with Crippen molar-refractivity contribution in [2.75, 3.05) is 13.2 Å². The fourth-order valence-electron chi connectivity index (χ4n) is 1.79. The number of fused-ring (bicyclic) bond motifs is 1. The minimum atomic E-state index is -0.394. The van der Waals surface area contributed by atoms with E-state index in [9.17, 15) is 9.59 Å². The third-order valence-corrected chi connectivity index (χ3v) is 2.41. The van der Waals surface area contributed by atoms with Crippen LogP contribution in [0.1, 0.15) is 0 Å². The van der Waals surface area contributed by atoms with Crippen LogP contribution in [0.25, 0.3) is 0 Å². The molecule has 0 bridgehead atoms. The van der Waals surface area contributed by atoms with Crippen molar-refractivity contribution >= 4 is 12.3 Å². The summed E-state index contributed by atoms with van der Waals surface area (Å²) in [5, 5.41) is 5.26. The molecule has 0 saturated carbocycles. The topological polar surface area (TPSA) is 67.4 Å². The first-order valence-corrected chi connectivity index (χ1v) is 3.91. The van der Waals surface area contributed by atoms with E-state index in [1.807, 2.05) is 0 Å². The maximum atomic E-state index is 11.2. The Hall–Kier alpha value is -1.10. The van der Waals surface area contributed by atoms with Crippen LogP contribution < -0.4 is 10.6 Å². The van der Waals surface area contributed by atoms with Crippen LogP contribution in [0.5, 0.6) is 0 Å². The van der Waals surface area contributed by atoms with Gasteiger partial charge in [0.25, 0.3) is 0 Å². The van der Waals surface area contributed by atoms with Crippen molar-refractivity contribution in [3.05, 3.63) is 0 Å². The second-order valence-corrected chi connectivity index (χ2v) is 3.08. The molecule has 0 aromatic heterocycles. The van der Waals surface area contributed by atoms with E-state index in [1.54, 1.807) is 0 Å². The molecule has 3 unspecified atom stereocenters. The van der Waals surface area contributed by atoms with Gasteiger partial charge in [-0.25, -0.2) is 0 Å². The van der Waals surface area contributed by atoms with Crippen LogP contribution in [0, 0.1) is 5.92 Å². The molecule has 2 heterocycles. The zero-order valence-corrected chi connectivity index (χ0v) is 6.45. The highest BCUT2D eigenvalue weighted by molar-refractivity contribution is 5.86. The lowest BCUT2D eigenvalue weighted by Crippen LogP contribution is -2.39. The van der Waals surface area contributed by atoms with Gasteiger partial charge in [-0.1, -0.05) is 0 Å². The van der Waals surface area contributed by atoms with Gasteiger partial charge in [0.1, 0.15) is 6.04 Å². The highest BCUT2D eigenvalue weighted by Crippen LogP contribution is 2.23. The molecule has 2 saturated heterocycles. The van der Waals surface area contributed by atoms with E-state index in [0.717, 1.165) is 0 Å². The number of ether oxygens (including phenoxy) is 1. The minimum absolute atomic E-state index is 0.0925. The molecule has 0 aromatic carbocycles. The molecule has 2 aliphatic heterocycles. The first-order chi connectivity index (χ1) is 5.83. The maximum Gasteiger partial charge on any atom is 0.243 e. The Balaban J connectivity index is 2.10. The average Bonchev–Trinajstić information content (AvgIpc) is 2.56. The van der Waals surface area contributed by atoms with Crippen LogP contribution >= 0.6 is 0 Å². The Morgan fingerprint density at radius 3 is 3.17 bits per heavy atom. The predicted octanol–water partition coefficient (Wildman–Crippen LogP) is -1.75. The molecule has 2 amide bonds. The lowest BCUT2D eigenvalue weighted by atomic mass is 10.0. The van der Waals surface area contributed by atoms with Gasteiger partial charge in [-0.15, -0.1) is 0 Å². The molecule has 66 valence electrons. The van der Waals surface area contributed by atoms with Gasteiger partial charge in [0.2, 0.25) is 12.3 Å². The quantitative estimate of drug-likeness (QED) is 0.483. The second kappa shape index (κ2) is 2.75. The molecule has 3 atom stereocenters. The Morgan fingerprint density at radius 1 is 1.58 bits per heavy atom. The van der Waals surface area contributed by atoms with Crippen LogP contribution in [0.2, 0.25) is 0 Å². The summed E-state index contributed by atoms with van der Waals surface area (Å²) < 4.78 is 5.17. The van der Waals surface area contributed by atoms with Crippen molar-refractivity contribution in [3.63, 3.8) is 0 Å². The van der Waals surface area contributed by atoms with Crippen LogP contribution in [0.15, 0.2) is 0 Å². The summed E-state index contributed by atoms with van der Waals surface area (Å²) in [4.78, 5) is 21.4. The summed E-state index contributed by atoms with van der Waals surface area (Å²) in [7, 11) is 0. The SMILES string of the molecule is O=CNC1C(=O)NC2COCC21. The van der Waals surface area contributed by atoms with Crippen molar-refractivity contribution in [2.24, 2.45) is 5.92 Å². The van der Waals surface area contributed by atoms with E-state index < -0.39 is 6.04 Å². The van der Waals surface area contributed by atoms with E-state index in [4.69, 9.17) is 4.74 Å². The molecule has 2 fully saturated rings. The second-order valence-electron chi connectivity index (χ2n) is 3.08. The molecule has 2 rings (SSSR count). The average molecular weight is 170 g/mol. The van der Waals surface area contributed by atoms with Gasteiger partial charge in [-0.05, 0) is 0 Å². The number of rotatable bonds is 2. The highest BCUT2D eigenvalue weighted by atomic mass is 16.5. The number of amides is 2. The Morgan fingerprint density at radius 2 is 2.42 bits per heavy atom. The van der Waals surface area contributed by atoms with Crippen molar-refractivity contribution < 1.29 is 14.3 Å². The molecular weight excluding hydrogens is 160 g/mol. The number of hydrogen-bond donors (Lipinski definition) is 2. The molecule has 2 N–H and O–H groups in total. The van der Waals surface area contributed by atoms with Crippen molar-refractivity contribution in [1.82, 2.24) is 10.6 Å². The summed E-state index contributed by atoms with van der Waals surface area (Å²) in [6.07, 6.45) is 0.560. The van der Waals surface area contributed by atoms with E-state index in [-0.39, 0.29) is 17.9 Å². The Kier molecular flexibility index (Phi) is 1.73. The summed E-state index contributed by atoms with van der Waals surface area (Å²) >= 11 is 0. The summed E-state index contributed by atoms with van der Waals surface area (Å²) in [5.41, 5.74) is 0.